The van der Waals surface area contributed by atoms with Crippen LogP contribution < -0.4 is 4.90 Å². The van der Waals surface area contributed by atoms with Gasteiger partial charge in [-0.15, -0.1) is 15.3 Å². The molecule has 0 spiro atoms. The molecule has 0 amide bonds. The van der Waals surface area contributed by atoms with Gasteiger partial charge in [0.1, 0.15) is 5.82 Å². The van der Waals surface area contributed by atoms with Gasteiger partial charge in [0, 0.05) is 14.0 Å². The van der Waals surface area contributed by atoms with Crippen molar-refractivity contribution in [2.75, 3.05) is 11.9 Å². The lowest BCUT2D eigenvalue weighted by Gasteiger charge is -2.15. The second-order valence-corrected chi connectivity index (χ2v) is 4.29. The molecule has 0 unspecified atom stereocenters. The van der Waals surface area contributed by atoms with E-state index in [9.17, 15) is 0 Å². The first kappa shape index (κ1) is 11.6. The Morgan fingerprint density at radius 3 is 2.84 bits per heavy atom. The van der Waals surface area contributed by atoms with E-state index in [1.165, 1.54) is 0 Å². The van der Waals surface area contributed by atoms with E-state index in [4.69, 9.17) is 4.52 Å². The molecule has 0 fully saturated rings. The van der Waals surface area contributed by atoms with Crippen LogP contribution in [0.3, 0.4) is 0 Å². The number of fused-ring (bicyclic) bond motifs is 1. The fourth-order valence-electron chi connectivity index (χ4n) is 1.79. The van der Waals surface area contributed by atoms with Crippen LogP contribution in [-0.4, -0.2) is 37.0 Å². The molecule has 3 rings (SSSR count). The molecule has 0 aliphatic rings. The second kappa shape index (κ2) is 4.30. The van der Waals surface area contributed by atoms with Crippen LogP contribution in [0.4, 0.5) is 5.82 Å². The molecule has 0 aliphatic carbocycles. The summed E-state index contributed by atoms with van der Waals surface area (Å²) < 4.78 is 6.65. The molecule has 0 aromatic carbocycles. The van der Waals surface area contributed by atoms with Gasteiger partial charge in [0.05, 0.1) is 6.54 Å². The van der Waals surface area contributed by atoms with Crippen LogP contribution in [0.15, 0.2) is 16.7 Å². The molecule has 98 valence electrons. The minimum absolute atomic E-state index is 0.525. The van der Waals surface area contributed by atoms with Gasteiger partial charge in [-0.3, -0.25) is 0 Å². The Kier molecular flexibility index (Phi) is 2.62. The van der Waals surface area contributed by atoms with Crippen LogP contribution in [0.5, 0.6) is 0 Å². The predicted octanol–water partition coefficient (Wildman–Crippen LogP) is 0.761. The smallest absolute Gasteiger partial charge is 0.223 e. The topological polar surface area (TPSA) is 85.2 Å². The molecule has 0 N–H and O–H groups in total. The van der Waals surface area contributed by atoms with Gasteiger partial charge >= 0.3 is 0 Å². The zero-order chi connectivity index (χ0) is 13.4. The van der Waals surface area contributed by atoms with Crippen LogP contribution in [0.2, 0.25) is 0 Å². The molecule has 0 atom stereocenters. The summed E-state index contributed by atoms with van der Waals surface area (Å²) in [5.74, 6) is 2.72. The van der Waals surface area contributed by atoms with E-state index in [1.54, 1.807) is 11.4 Å². The Hall–Kier alpha value is -2.51. The van der Waals surface area contributed by atoms with Gasteiger partial charge in [-0.25, -0.2) is 0 Å². The quantitative estimate of drug-likeness (QED) is 0.686. The predicted molar refractivity (Wildman–Crippen MR) is 66.7 cm³/mol. The highest BCUT2D eigenvalue weighted by Gasteiger charge is 2.10. The molecular weight excluding hydrogens is 246 g/mol. The molecule has 19 heavy (non-hydrogen) atoms. The lowest BCUT2D eigenvalue weighted by atomic mass is 10.4. The van der Waals surface area contributed by atoms with Crippen molar-refractivity contribution in [2.45, 2.75) is 20.4 Å². The van der Waals surface area contributed by atoms with Crippen molar-refractivity contribution in [1.29, 1.82) is 0 Å². The Labute approximate surface area is 109 Å². The highest BCUT2D eigenvalue weighted by Crippen LogP contribution is 2.12. The van der Waals surface area contributed by atoms with Gasteiger partial charge < -0.3 is 9.42 Å². The first-order valence-electron chi connectivity index (χ1n) is 5.83. The second-order valence-electron chi connectivity index (χ2n) is 4.29. The third-order valence-electron chi connectivity index (χ3n) is 2.74. The average molecular weight is 259 g/mol. The lowest BCUT2D eigenvalue weighted by molar-refractivity contribution is 0.387. The maximum atomic E-state index is 4.94. The third kappa shape index (κ3) is 2.12. The Bertz CT molecular complexity index is 717. The van der Waals surface area contributed by atoms with Crippen LogP contribution in [0.1, 0.15) is 17.5 Å². The SMILES string of the molecule is Cc1nc(CN(C)c2ccc3nnc(C)n3n2)no1. The molecule has 8 heteroatoms. The van der Waals surface area contributed by atoms with Crippen LogP contribution in [0.25, 0.3) is 5.65 Å². The molecule has 0 radical (unpaired) electrons. The van der Waals surface area contributed by atoms with Crippen molar-refractivity contribution in [1.82, 2.24) is 30.0 Å². The number of nitrogens with zero attached hydrogens (tertiary/aromatic N) is 7. The van der Waals surface area contributed by atoms with Gasteiger partial charge in [0.2, 0.25) is 5.89 Å². The molecule has 3 heterocycles. The summed E-state index contributed by atoms with van der Waals surface area (Å²) in [5.41, 5.74) is 0.727. The van der Waals surface area contributed by atoms with E-state index in [1.807, 2.05) is 31.0 Å². The molecular formula is C11H13N7O. The maximum absolute atomic E-state index is 4.94. The summed E-state index contributed by atoms with van der Waals surface area (Å²) in [5, 5.41) is 16.3. The van der Waals surface area contributed by atoms with Crippen molar-refractivity contribution >= 4 is 11.5 Å². The molecule has 3 aromatic rings. The maximum Gasteiger partial charge on any atom is 0.223 e. The zero-order valence-corrected chi connectivity index (χ0v) is 10.9. The van der Waals surface area contributed by atoms with E-state index >= 15 is 0 Å². The number of anilines is 1. The summed E-state index contributed by atoms with van der Waals surface area (Å²) in [6, 6.07) is 3.76. The summed E-state index contributed by atoms with van der Waals surface area (Å²) in [6.07, 6.45) is 0. The van der Waals surface area contributed by atoms with Gasteiger partial charge in [-0.05, 0) is 19.1 Å². The van der Waals surface area contributed by atoms with E-state index in [-0.39, 0.29) is 0 Å². The van der Waals surface area contributed by atoms with Crippen LogP contribution in [0, 0.1) is 13.8 Å². The van der Waals surface area contributed by atoms with E-state index in [2.05, 4.69) is 25.4 Å². The Balaban J connectivity index is 1.88. The van der Waals surface area contributed by atoms with Crippen LogP contribution in [-0.2, 0) is 6.54 Å². The van der Waals surface area contributed by atoms with Crippen molar-refractivity contribution in [2.24, 2.45) is 0 Å². The number of hydrogen-bond donors (Lipinski definition) is 0. The largest absolute Gasteiger partial charge is 0.351 e. The van der Waals surface area contributed by atoms with Crippen molar-refractivity contribution in [3.05, 3.63) is 29.7 Å². The van der Waals surface area contributed by atoms with E-state index < -0.39 is 0 Å². The monoisotopic (exact) mass is 259 g/mol. The minimum Gasteiger partial charge on any atom is -0.351 e. The highest BCUT2D eigenvalue weighted by atomic mass is 16.5. The Morgan fingerprint density at radius 1 is 1.26 bits per heavy atom. The molecule has 0 saturated carbocycles. The highest BCUT2D eigenvalue weighted by molar-refractivity contribution is 5.45. The number of aromatic nitrogens is 6. The van der Waals surface area contributed by atoms with E-state index in [0.717, 1.165) is 17.3 Å². The molecule has 3 aromatic heterocycles. The first-order chi connectivity index (χ1) is 9.13. The van der Waals surface area contributed by atoms with Crippen molar-refractivity contribution in [3.8, 4) is 0 Å². The number of aryl methyl sites for hydroxylation is 2. The van der Waals surface area contributed by atoms with Crippen molar-refractivity contribution in [3.63, 3.8) is 0 Å². The average Bonchev–Trinajstić information content (AvgIpc) is 2.96. The lowest BCUT2D eigenvalue weighted by Crippen LogP contribution is -2.19. The fourth-order valence-corrected chi connectivity index (χ4v) is 1.79. The van der Waals surface area contributed by atoms with Crippen LogP contribution >= 0.6 is 0 Å². The number of hydrogen-bond acceptors (Lipinski definition) is 7. The van der Waals surface area contributed by atoms with Gasteiger partial charge in [-0.1, -0.05) is 5.16 Å². The summed E-state index contributed by atoms with van der Waals surface area (Å²) in [7, 11) is 1.92. The standard InChI is InChI=1S/C11H13N7O/c1-7-13-14-10-4-5-11(15-18(7)10)17(3)6-9-12-8(2)19-16-9/h4-5H,6H2,1-3H3. The molecule has 0 saturated heterocycles. The van der Waals surface area contributed by atoms with Gasteiger partial charge in [-0.2, -0.15) is 9.50 Å². The normalized spacial score (nSPS) is 11.1. The molecule has 0 bridgehead atoms. The van der Waals surface area contributed by atoms with Crippen molar-refractivity contribution < 1.29 is 4.52 Å². The number of rotatable bonds is 3. The fraction of sp³-hybridized carbons (Fsp3) is 0.364. The third-order valence-corrected chi connectivity index (χ3v) is 2.74. The van der Waals surface area contributed by atoms with Gasteiger partial charge in [0.15, 0.2) is 17.3 Å². The summed E-state index contributed by atoms with van der Waals surface area (Å²) >= 11 is 0. The Morgan fingerprint density at radius 2 is 2.11 bits per heavy atom. The van der Waals surface area contributed by atoms with Gasteiger partial charge in [0.25, 0.3) is 0 Å². The van der Waals surface area contributed by atoms with E-state index in [0.29, 0.717) is 18.3 Å². The molecule has 8 nitrogen and oxygen atoms in total. The minimum atomic E-state index is 0.525. The molecule has 0 aliphatic heterocycles. The zero-order valence-electron chi connectivity index (χ0n) is 10.9. The summed E-state index contributed by atoms with van der Waals surface area (Å²) in [6.45, 7) is 4.15. The summed E-state index contributed by atoms with van der Waals surface area (Å²) in [4.78, 5) is 6.10. The first-order valence-corrected chi connectivity index (χ1v) is 5.83.